The fourth-order valence-electron chi connectivity index (χ4n) is 1.56. The molecule has 2 aromatic rings. The number of carboxylic acids is 1. The Kier molecular flexibility index (Phi) is 4.41. The highest BCUT2D eigenvalue weighted by Gasteiger charge is 2.09. The lowest BCUT2D eigenvalue weighted by molar-refractivity contribution is 0.0660. The molecule has 0 unspecified atom stereocenters. The highest BCUT2D eigenvalue weighted by molar-refractivity contribution is 7.10. The Morgan fingerprint density at radius 1 is 1.25 bits per heavy atom. The Labute approximate surface area is 119 Å². The Balaban J connectivity index is 1.77. The smallest absolute Gasteiger partial charge is 0.371 e. The van der Waals surface area contributed by atoms with E-state index in [9.17, 15) is 9.59 Å². The van der Waals surface area contributed by atoms with Gasteiger partial charge in [0.05, 0.1) is 13.1 Å². The van der Waals surface area contributed by atoms with E-state index in [2.05, 4.69) is 10.6 Å². The zero-order valence-electron chi connectivity index (χ0n) is 10.8. The van der Waals surface area contributed by atoms with Crippen LogP contribution in [0.25, 0.3) is 0 Å². The van der Waals surface area contributed by atoms with Gasteiger partial charge in [0.25, 0.3) is 0 Å². The lowest BCUT2D eigenvalue weighted by Gasteiger charge is -2.05. The van der Waals surface area contributed by atoms with Gasteiger partial charge in [-0.3, -0.25) is 0 Å². The lowest BCUT2D eigenvalue weighted by atomic mass is 10.3. The molecule has 6 nitrogen and oxygen atoms in total. The standard InChI is InChI=1S/C13H14N2O4S/c1-8-4-5-20-11(8)7-15-13(18)14-6-9-2-3-10(19-9)12(16)17/h2-5H,6-7H2,1H3,(H,16,17)(H2,14,15,18). The molecule has 0 saturated carbocycles. The zero-order chi connectivity index (χ0) is 14.5. The Morgan fingerprint density at radius 2 is 2.00 bits per heavy atom. The molecule has 0 aliphatic heterocycles. The summed E-state index contributed by atoms with van der Waals surface area (Å²) in [5.74, 6) is -0.879. The van der Waals surface area contributed by atoms with Crippen LogP contribution in [-0.2, 0) is 13.1 Å². The summed E-state index contributed by atoms with van der Waals surface area (Å²) in [5, 5.41) is 16.0. The summed E-state index contributed by atoms with van der Waals surface area (Å²) in [6, 6.07) is 4.54. The Morgan fingerprint density at radius 3 is 2.60 bits per heavy atom. The van der Waals surface area contributed by atoms with Crippen LogP contribution in [0.5, 0.6) is 0 Å². The lowest BCUT2D eigenvalue weighted by Crippen LogP contribution is -2.34. The SMILES string of the molecule is Cc1ccsc1CNC(=O)NCc1ccc(C(=O)O)o1. The maximum absolute atomic E-state index is 11.6. The van der Waals surface area contributed by atoms with Crippen molar-refractivity contribution in [3.05, 3.63) is 45.5 Å². The summed E-state index contributed by atoms with van der Waals surface area (Å²) in [4.78, 5) is 23.3. The second-order valence-electron chi connectivity index (χ2n) is 4.13. The minimum absolute atomic E-state index is 0.141. The van der Waals surface area contributed by atoms with E-state index in [1.54, 1.807) is 11.3 Å². The van der Waals surface area contributed by atoms with E-state index in [1.165, 1.54) is 12.1 Å². The molecule has 20 heavy (non-hydrogen) atoms. The number of thiophene rings is 1. The monoisotopic (exact) mass is 294 g/mol. The number of aryl methyl sites for hydroxylation is 1. The molecule has 2 rings (SSSR count). The minimum Gasteiger partial charge on any atom is -0.475 e. The fourth-order valence-corrected chi connectivity index (χ4v) is 2.41. The van der Waals surface area contributed by atoms with Gasteiger partial charge in [0.1, 0.15) is 5.76 Å². The molecule has 106 valence electrons. The number of amides is 2. The van der Waals surface area contributed by atoms with Crippen LogP contribution in [0.2, 0.25) is 0 Å². The number of aromatic carboxylic acids is 1. The van der Waals surface area contributed by atoms with Crippen LogP contribution in [0.1, 0.15) is 26.8 Å². The van der Waals surface area contributed by atoms with Crippen molar-refractivity contribution in [2.45, 2.75) is 20.0 Å². The first kappa shape index (κ1) is 14.1. The number of rotatable bonds is 5. The average Bonchev–Trinajstić information content (AvgIpc) is 3.03. The number of carboxylic acid groups (broad SMARTS) is 1. The van der Waals surface area contributed by atoms with E-state index in [-0.39, 0.29) is 18.3 Å². The number of hydrogen-bond donors (Lipinski definition) is 3. The van der Waals surface area contributed by atoms with Gasteiger partial charge in [-0.15, -0.1) is 11.3 Å². The molecule has 2 aromatic heterocycles. The van der Waals surface area contributed by atoms with Crippen LogP contribution < -0.4 is 10.6 Å². The summed E-state index contributed by atoms with van der Waals surface area (Å²) in [6.45, 7) is 2.60. The van der Waals surface area contributed by atoms with Crippen LogP contribution in [0.3, 0.4) is 0 Å². The number of nitrogens with one attached hydrogen (secondary N) is 2. The molecule has 0 fully saturated rings. The quantitative estimate of drug-likeness (QED) is 0.789. The largest absolute Gasteiger partial charge is 0.475 e. The van der Waals surface area contributed by atoms with Crippen LogP contribution in [0.15, 0.2) is 28.0 Å². The van der Waals surface area contributed by atoms with Gasteiger partial charge in [0.2, 0.25) is 5.76 Å². The van der Waals surface area contributed by atoms with Gasteiger partial charge in [-0.2, -0.15) is 0 Å². The molecule has 2 amide bonds. The predicted octanol–water partition coefficient (Wildman–Crippen LogP) is 2.35. The molecule has 7 heteroatoms. The molecule has 0 aromatic carbocycles. The molecule has 0 radical (unpaired) electrons. The maximum Gasteiger partial charge on any atom is 0.371 e. The molecule has 0 atom stereocenters. The van der Waals surface area contributed by atoms with Crippen LogP contribution in [0.4, 0.5) is 4.79 Å². The average molecular weight is 294 g/mol. The van der Waals surface area contributed by atoms with Crippen molar-refractivity contribution in [3.63, 3.8) is 0 Å². The molecular weight excluding hydrogens is 280 g/mol. The predicted molar refractivity (Wildman–Crippen MR) is 73.8 cm³/mol. The number of urea groups is 1. The third-order valence-corrected chi connectivity index (χ3v) is 3.70. The third kappa shape index (κ3) is 3.61. The molecule has 0 aliphatic carbocycles. The summed E-state index contributed by atoms with van der Waals surface area (Å²) >= 11 is 1.59. The summed E-state index contributed by atoms with van der Waals surface area (Å²) in [7, 11) is 0. The first-order valence-electron chi connectivity index (χ1n) is 5.93. The van der Waals surface area contributed by atoms with Gasteiger partial charge in [-0.1, -0.05) is 0 Å². The van der Waals surface area contributed by atoms with Gasteiger partial charge in [0, 0.05) is 4.88 Å². The van der Waals surface area contributed by atoms with E-state index in [0.29, 0.717) is 12.3 Å². The fraction of sp³-hybridized carbons (Fsp3) is 0.231. The van der Waals surface area contributed by atoms with E-state index in [1.807, 2.05) is 18.4 Å². The molecule has 0 bridgehead atoms. The number of carbonyl (C=O) groups excluding carboxylic acids is 1. The second-order valence-corrected chi connectivity index (χ2v) is 5.13. The van der Waals surface area contributed by atoms with Crippen molar-refractivity contribution in [2.75, 3.05) is 0 Å². The first-order chi connectivity index (χ1) is 9.56. The van der Waals surface area contributed by atoms with Crippen molar-refractivity contribution in [2.24, 2.45) is 0 Å². The van der Waals surface area contributed by atoms with Crippen LogP contribution in [0, 0.1) is 6.92 Å². The second kappa shape index (κ2) is 6.25. The summed E-state index contributed by atoms with van der Waals surface area (Å²) < 4.78 is 5.02. The van der Waals surface area contributed by atoms with Gasteiger partial charge in [-0.25, -0.2) is 9.59 Å². The van der Waals surface area contributed by atoms with Gasteiger partial charge in [0.15, 0.2) is 0 Å². The highest BCUT2D eigenvalue weighted by Crippen LogP contribution is 2.14. The van der Waals surface area contributed by atoms with E-state index >= 15 is 0 Å². The number of carbonyl (C=O) groups is 2. The van der Waals surface area contributed by atoms with E-state index in [0.717, 1.165) is 10.4 Å². The molecule has 2 heterocycles. The van der Waals surface area contributed by atoms with Crippen LogP contribution in [-0.4, -0.2) is 17.1 Å². The molecule has 0 spiro atoms. The van der Waals surface area contributed by atoms with Crippen molar-refractivity contribution < 1.29 is 19.1 Å². The van der Waals surface area contributed by atoms with Gasteiger partial charge < -0.3 is 20.2 Å². The van der Waals surface area contributed by atoms with Crippen molar-refractivity contribution >= 4 is 23.3 Å². The zero-order valence-corrected chi connectivity index (χ0v) is 11.6. The Hall–Kier alpha value is -2.28. The molecule has 3 N–H and O–H groups in total. The summed E-state index contributed by atoms with van der Waals surface area (Å²) in [5.41, 5.74) is 1.15. The topological polar surface area (TPSA) is 91.6 Å². The molecule has 0 saturated heterocycles. The highest BCUT2D eigenvalue weighted by atomic mass is 32.1. The maximum atomic E-state index is 11.6. The van der Waals surface area contributed by atoms with Gasteiger partial charge in [-0.05, 0) is 36.1 Å². The number of hydrogen-bond acceptors (Lipinski definition) is 4. The molecular formula is C13H14N2O4S. The van der Waals surface area contributed by atoms with Crippen molar-refractivity contribution in [1.82, 2.24) is 10.6 Å². The van der Waals surface area contributed by atoms with E-state index in [4.69, 9.17) is 9.52 Å². The number of furan rings is 1. The Bertz CT molecular complexity index is 617. The normalized spacial score (nSPS) is 10.2. The summed E-state index contributed by atoms with van der Waals surface area (Å²) in [6.07, 6.45) is 0. The first-order valence-corrected chi connectivity index (χ1v) is 6.81. The minimum atomic E-state index is -1.13. The van der Waals surface area contributed by atoms with Crippen molar-refractivity contribution in [1.29, 1.82) is 0 Å². The van der Waals surface area contributed by atoms with E-state index < -0.39 is 5.97 Å². The molecule has 0 aliphatic rings. The van der Waals surface area contributed by atoms with Gasteiger partial charge >= 0.3 is 12.0 Å². The van der Waals surface area contributed by atoms with Crippen molar-refractivity contribution in [3.8, 4) is 0 Å². The third-order valence-electron chi connectivity index (χ3n) is 2.67. The van der Waals surface area contributed by atoms with Crippen LogP contribution >= 0.6 is 11.3 Å².